The predicted molar refractivity (Wildman–Crippen MR) is 76.4 cm³/mol. The highest BCUT2D eigenvalue weighted by Gasteiger charge is 2.42. The molecule has 3 rings (SSSR count). The topological polar surface area (TPSA) is 0 Å². The van der Waals surface area contributed by atoms with Crippen molar-refractivity contribution in [3.63, 3.8) is 0 Å². The van der Waals surface area contributed by atoms with Crippen LogP contribution in [0.1, 0.15) is 31.2 Å². The normalized spacial score (nSPS) is 32.9. The molecule has 0 N–H and O–H groups in total. The second-order valence-corrected chi connectivity index (χ2v) is 7.16. The van der Waals surface area contributed by atoms with Crippen LogP contribution in [0.4, 0.5) is 0 Å². The Hall–Kier alpha value is -0.0100. The zero-order chi connectivity index (χ0) is 11.8. The summed E-state index contributed by atoms with van der Waals surface area (Å²) in [7, 11) is 0. The molecule has 0 amide bonds. The second-order valence-electron chi connectivity index (χ2n) is 5.69. The summed E-state index contributed by atoms with van der Waals surface area (Å²) in [4.78, 5) is 0. The molecule has 2 fully saturated rings. The number of fused-ring (bicyclic) bond motifs is 2. The number of halogens is 2. The molecule has 0 saturated heterocycles. The van der Waals surface area contributed by atoms with Gasteiger partial charge in [0.15, 0.2) is 0 Å². The van der Waals surface area contributed by atoms with E-state index in [2.05, 4.69) is 40.2 Å². The summed E-state index contributed by atoms with van der Waals surface area (Å²) in [5.41, 5.74) is 1.37. The summed E-state index contributed by atoms with van der Waals surface area (Å²) < 4.78 is 1.15. The van der Waals surface area contributed by atoms with Crippen LogP contribution < -0.4 is 0 Å². The molecule has 4 atom stereocenters. The fraction of sp³-hybridized carbons (Fsp3) is 0.600. The summed E-state index contributed by atoms with van der Waals surface area (Å²) in [6.07, 6.45) is 6.76. The molecule has 2 aliphatic carbocycles. The maximum Gasteiger partial charge on any atom is 0.0407 e. The van der Waals surface area contributed by atoms with Crippen LogP contribution in [0.25, 0.3) is 0 Å². The minimum atomic E-state index is 0.339. The lowest BCUT2D eigenvalue weighted by atomic mass is 9.84. The number of alkyl halides is 1. The molecule has 0 aliphatic heterocycles. The van der Waals surface area contributed by atoms with E-state index in [-0.39, 0.29) is 0 Å². The van der Waals surface area contributed by atoms with Crippen LogP contribution in [0.3, 0.4) is 0 Å². The average Bonchev–Trinajstić information content (AvgIpc) is 2.94. The highest BCUT2D eigenvalue weighted by atomic mass is 79.9. The molecular weight excluding hydrogens is 296 g/mol. The van der Waals surface area contributed by atoms with Crippen molar-refractivity contribution in [3.8, 4) is 0 Å². The molecule has 0 spiro atoms. The number of rotatable bonds is 3. The van der Waals surface area contributed by atoms with Crippen molar-refractivity contribution < 1.29 is 0 Å². The minimum Gasteiger partial charge on any atom is -0.122 e. The van der Waals surface area contributed by atoms with Gasteiger partial charge >= 0.3 is 0 Å². The summed E-state index contributed by atoms with van der Waals surface area (Å²) in [5, 5.41) is 0.339. The van der Waals surface area contributed by atoms with Gasteiger partial charge in [0.25, 0.3) is 0 Å². The Morgan fingerprint density at radius 2 is 1.94 bits per heavy atom. The van der Waals surface area contributed by atoms with Crippen molar-refractivity contribution in [1.29, 1.82) is 0 Å². The maximum absolute atomic E-state index is 6.64. The van der Waals surface area contributed by atoms with E-state index in [0.717, 1.165) is 28.6 Å². The molecule has 2 bridgehead atoms. The zero-order valence-corrected chi connectivity index (χ0v) is 12.3. The Morgan fingerprint density at radius 1 is 1.18 bits per heavy atom. The zero-order valence-electron chi connectivity index (χ0n) is 9.91. The maximum atomic E-state index is 6.64. The average molecular weight is 314 g/mol. The van der Waals surface area contributed by atoms with Crippen LogP contribution >= 0.6 is 27.5 Å². The lowest BCUT2D eigenvalue weighted by molar-refractivity contribution is 0.319. The Morgan fingerprint density at radius 3 is 2.53 bits per heavy atom. The highest BCUT2D eigenvalue weighted by Crippen LogP contribution is 2.50. The number of hydrogen-bond acceptors (Lipinski definition) is 0. The van der Waals surface area contributed by atoms with E-state index in [4.69, 9.17) is 11.6 Å². The Kier molecular flexibility index (Phi) is 3.49. The molecule has 2 saturated carbocycles. The molecule has 92 valence electrons. The third kappa shape index (κ3) is 2.56. The van der Waals surface area contributed by atoms with Gasteiger partial charge in [-0.15, -0.1) is 11.6 Å². The van der Waals surface area contributed by atoms with Crippen molar-refractivity contribution in [2.24, 2.45) is 17.8 Å². The van der Waals surface area contributed by atoms with E-state index in [0.29, 0.717) is 5.38 Å². The van der Waals surface area contributed by atoms with Crippen molar-refractivity contribution in [2.75, 3.05) is 0 Å². The van der Waals surface area contributed by atoms with E-state index in [1.807, 2.05) is 0 Å². The van der Waals surface area contributed by atoms with Crippen LogP contribution in [0.15, 0.2) is 28.7 Å². The van der Waals surface area contributed by atoms with Gasteiger partial charge in [-0.2, -0.15) is 0 Å². The van der Waals surface area contributed by atoms with Crippen LogP contribution in [0.5, 0.6) is 0 Å². The van der Waals surface area contributed by atoms with Gasteiger partial charge in [-0.3, -0.25) is 0 Å². The molecule has 0 aromatic heterocycles. The Balaban J connectivity index is 1.63. The van der Waals surface area contributed by atoms with E-state index in [9.17, 15) is 0 Å². The van der Waals surface area contributed by atoms with Crippen LogP contribution in [-0.4, -0.2) is 5.38 Å². The first kappa shape index (κ1) is 12.0. The third-order valence-electron chi connectivity index (χ3n) is 4.60. The molecule has 17 heavy (non-hydrogen) atoms. The summed E-state index contributed by atoms with van der Waals surface area (Å²) in [6.45, 7) is 0. The van der Waals surface area contributed by atoms with E-state index < -0.39 is 0 Å². The standard InChI is InChI=1S/C15H18BrCl/c16-13-5-2-10(3-6-13)9-15(17)14-8-11-1-4-12(14)7-11/h2-3,5-6,11-12,14-15H,1,4,7-9H2. The predicted octanol–water partition coefficient (Wildman–Crippen LogP) is 5.04. The van der Waals surface area contributed by atoms with E-state index in [1.165, 1.54) is 31.2 Å². The fourth-order valence-electron chi connectivity index (χ4n) is 3.73. The molecule has 1 aromatic carbocycles. The van der Waals surface area contributed by atoms with Crippen molar-refractivity contribution in [1.82, 2.24) is 0 Å². The van der Waals surface area contributed by atoms with Gasteiger partial charge < -0.3 is 0 Å². The quantitative estimate of drug-likeness (QED) is 0.686. The first-order valence-electron chi connectivity index (χ1n) is 6.61. The highest BCUT2D eigenvalue weighted by molar-refractivity contribution is 9.10. The van der Waals surface area contributed by atoms with Crippen LogP contribution in [-0.2, 0) is 6.42 Å². The number of hydrogen-bond donors (Lipinski definition) is 0. The van der Waals surface area contributed by atoms with Gasteiger partial charge in [-0.25, -0.2) is 0 Å². The van der Waals surface area contributed by atoms with Gasteiger partial charge in [-0.05, 0) is 61.1 Å². The summed E-state index contributed by atoms with van der Waals surface area (Å²) >= 11 is 10.1. The molecule has 2 aliphatic rings. The fourth-order valence-corrected chi connectivity index (χ4v) is 4.49. The Bertz CT molecular complexity index is 386. The lowest BCUT2D eigenvalue weighted by Gasteiger charge is -2.26. The summed E-state index contributed by atoms with van der Waals surface area (Å²) in [6, 6.07) is 8.60. The SMILES string of the molecule is ClC(Cc1ccc(Br)cc1)C1CC2CCC1C2. The molecule has 0 nitrogen and oxygen atoms in total. The van der Waals surface area contributed by atoms with E-state index in [1.54, 1.807) is 0 Å². The third-order valence-corrected chi connectivity index (χ3v) is 5.61. The molecule has 0 radical (unpaired) electrons. The van der Waals surface area contributed by atoms with Crippen LogP contribution in [0.2, 0.25) is 0 Å². The molecule has 0 heterocycles. The first-order valence-corrected chi connectivity index (χ1v) is 7.84. The van der Waals surface area contributed by atoms with Crippen molar-refractivity contribution >= 4 is 27.5 Å². The number of benzene rings is 1. The van der Waals surface area contributed by atoms with E-state index >= 15 is 0 Å². The molecule has 2 heteroatoms. The first-order chi connectivity index (χ1) is 8.22. The van der Waals surface area contributed by atoms with Gasteiger partial charge in [0.05, 0.1) is 0 Å². The van der Waals surface area contributed by atoms with Gasteiger partial charge in [-0.1, -0.05) is 34.5 Å². The molecular formula is C15H18BrCl. The van der Waals surface area contributed by atoms with Gasteiger partial charge in [0.1, 0.15) is 0 Å². The molecule has 1 aromatic rings. The van der Waals surface area contributed by atoms with Crippen LogP contribution in [0, 0.1) is 17.8 Å². The monoisotopic (exact) mass is 312 g/mol. The lowest BCUT2D eigenvalue weighted by Crippen LogP contribution is -2.23. The second kappa shape index (κ2) is 4.93. The minimum absolute atomic E-state index is 0.339. The van der Waals surface area contributed by atoms with Gasteiger partial charge in [0, 0.05) is 9.85 Å². The Labute approximate surface area is 117 Å². The van der Waals surface area contributed by atoms with Crippen molar-refractivity contribution in [2.45, 2.75) is 37.5 Å². The summed E-state index contributed by atoms with van der Waals surface area (Å²) in [5.74, 6) is 2.70. The van der Waals surface area contributed by atoms with Gasteiger partial charge in [0.2, 0.25) is 0 Å². The molecule has 4 unspecified atom stereocenters. The largest absolute Gasteiger partial charge is 0.122 e. The smallest absolute Gasteiger partial charge is 0.0407 e. The van der Waals surface area contributed by atoms with Crippen molar-refractivity contribution in [3.05, 3.63) is 34.3 Å².